The SMILES string of the molecule is COc1ccccc1N1CCN(CCCN(C(=O)c2ccccc2)C2COC2)CC1. The van der Waals surface area contributed by atoms with Crippen molar-refractivity contribution in [3.8, 4) is 5.75 Å². The first kappa shape index (κ1) is 20.7. The molecule has 2 aliphatic heterocycles. The number of rotatable bonds is 8. The van der Waals surface area contributed by atoms with Gasteiger partial charge in [0.15, 0.2) is 0 Å². The Bertz CT molecular complexity index is 817. The zero-order chi connectivity index (χ0) is 20.8. The molecule has 6 heteroatoms. The molecule has 6 nitrogen and oxygen atoms in total. The Labute approximate surface area is 179 Å². The highest BCUT2D eigenvalue weighted by molar-refractivity contribution is 5.94. The van der Waals surface area contributed by atoms with E-state index in [4.69, 9.17) is 9.47 Å². The van der Waals surface area contributed by atoms with Gasteiger partial charge in [-0.3, -0.25) is 9.69 Å². The van der Waals surface area contributed by atoms with E-state index in [2.05, 4.69) is 21.9 Å². The summed E-state index contributed by atoms with van der Waals surface area (Å²) in [6.45, 7) is 7.11. The molecule has 2 fully saturated rings. The maximum Gasteiger partial charge on any atom is 0.254 e. The van der Waals surface area contributed by atoms with Crippen LogP contribution in [0.3, 0.4) is 0 Å². The van der Waals surface area contributed by atoms with E-state index in [1.54, 1.807) is 7.11 Å². The van der Waals surface area contributed by atoms with Crippen molar-refractivity contribution in [1.82, 2.24) is 9.80 Å². The molecule has 0 atom stereocenters. The molecule has 0 radical (unpaired) electrons. The average molecular weight is 410 g/mol. The van der Waals surface area contributed by atoms with Crippen LogP contribution in [0.1, 0.15) is 16.8 Å². The topological polar surface area (TPSA) is 45.2 Å². The predicted octanol–water partition coefficient (Wildman–Crippen LogP) is 2.75. The summed E-state index contributed by atoms with van der Waals surface area (Å²) in [5, 5.41) is 0. The maximum absolute atomic E-state index is 13.0. The lowest BCUT2D eigenvalue weighted by molar-refractivity contribution is -0.0547. The molecule has 160 valence electrons. The molecule has 0 unspecified atom stereocenters. The fourth-order valence-corrected chi connectivity index (χ4v) is 4.17. The van der Waals surface area contributed by atoms with Gasteiger partial charge in [-0.05, 0) is 37.2 Å². The third kappa shape index (κ3) is 4.77. The van der Waals surface area contributed by atoms with Crippen LogP contribution in [0.5, 0.6) is 5.75 Å². The number of benzene rings is 2. The van der Waals surface area contributed by atoms with Crippen LogP contribution in [-0.2, 0) is 4.74 Å². The highest BCUT2D eigenvalue weighted by atomic mass is 16.5. The first-order chi connectivity index (χ1) is 14.8. The standard InChI is InChI=1S/C24H31N3O3/c1-29-23-11-6-5-10-22(23)26-16-14-25(15-17-26)12-7-13-27(21-18-30-19-21)24(28)20-8-3-2-4-9-20/h2-6,8-11,21H,7,12-19H2,1H3. The molecule has 0 N–H and O–H groups in total. The number of carbonyl (C=O) groups excluding carboxylic acids is 1. The van der Waals surface area contributed by atoms with Crippen LogP contribution in [0, 0.1) is 0 Å². The number of methoxy groups -OCH3 is 1. The molecule has 0 saturated carbocycles. The molecule has 0 bridgehead atoms. The summed E-state index contributed by atoms with van der Waals surface area (Å²) in [5.74, 6) is 1.05. The number of amides is 1. The second kappa shape index (κ2) is 9.96. The first-order valence-corrected chi connectivity index (χ1v) is 10.8. The second-order valence-electron chi connectivity index (χ2n) is 7.91. The summed E-state index contributed by atoms with van der Waals surface area (Å²) < 4.78 is 10.9. The largest absolute Gasteiger partial charge is 0.495 e. The van der Waals surface area contributed by atoms with Crippen LogP contribution < -0.4 is 9.64 Å². The van der Waals surface area contributed by atoms with Gasteiger partial charge in [-0.15, -0.1) is 0 Å². The number of hydrogen-bond donors (Lipinski definition) is 0. The third-order valence-electron chi connectivity index (χ3n) is 6.01. The van der Waals surface area contributed by atoms with E-state index in [0.29, 0.717) is 13.2 Å². The monoisotopic (exact) mass is 409 g/mol. The van der Waals surface area contributed by atoms with Crippen LogP contribution in [-0.4, -0.2) is 81.3 Å². The van der Waals surface area contributed by atoms with Gasteiger partial charge in [-0.2, -0.15) is 0 Å². The van der Waals surface area contributed by atoms with Crippen LogP contribution in [0.25, 0.3) is 0 Å². The molecular weight excluding hydrogens is 378 g/mol. The Morgan fingerprint density at radius 2 is 1.73 bits per heavy atom. The fourth-order valence-electron chi connectivity index (χ4n) is 4.17. The Balaban J connectivity index is 1.27. The summed E-state index contributed by atoms with van der Waals surface area (Å²) in [4.78, 5) is 19.9. The molecule has 2 aliphatic rings. The number of anilines is 1. The van der Waals surface area contributed by atoms with Gasteiger partial charge in [0, 0.05) is 38.3 Å². The smallest absolute Gasteiger partial charge is 0.254 e. The van der Waals surface area contributed by atoms with Gasteiger partial charge >= 0.3 is 0 Å². The Morgan fingerprint density at radius 3 is 2.40 bits per heavy atom. The molecule has 1 amide bonds. The van der Waals surface area contributed by atoms with Gasteiger partial charge in [0.2, 0.25) is 0 Å². The van der Waals surface area contributed by atoms with E-state index in [9.17, 15) is 4.79 Å². The average Bonchev–Trinajstić information content (AvgIpc) is 2.77. The highest BCUT2D eigenvalue weighted by Gasteiger charge is 2.30. The van der Waals surface area contributed by atoms with Crippen molar-refractivity contribution in [3.05, 3.63) is 60.2 Å². The second-order valence-corrected chi connectivity index (χ2v) is 7.91. The lowest BCUT2D eigenvalue weighted by Crippen LogP contribution is -2.52. The van der Waals surface area contributed by atoms with Gasteiger partial charge in [0.05, 0.1) is 32.1 Å². The lowest BCUT2D eigenvalue weighted by atomic mass is 10.1. The van der Waals surface area contributed by atoms with Gasteiger partial charge in [-0.25, -0.2) is 0 Å². The molecule has 30 heavy (non-hydrogen) atoms. The molecule has 0 aromatic heterocycles. The van der Waals surface area contributed by atoms with Crippen molar-refractivity contribution in [3.63, 3.8) is 0 Å². The summed E-state index contributed by atoms with van der Waals surface area (Å²) in [5.41, 5.74) is 1.93. The zero-order valence-corrected chi connectivity index (χ0v) is 17.7. The van der Waals surface area contributed by atoms with Gasteiger partial charge < -0.3 is 19.3 Å². The van der Waals surface area contributed by atoms with Crippen LogP contribution in [0.15, 0.2) is 54.6 Å². The molecule has 2 aromatic rings. The predicted molar refractivity (Wildman–Crippen MR) is 118 cm³/mol. The van der Waals surface area contributed by atoms with Crippen molar-refractivity contribution in [1.29, 1.82) is 0 Å². The van der Waals surface area contributed by atoms with Crippen molar-refractivity contribution < 1.29 is 14.3 Å². The molecule has 0 aliphatic carbocycles. The molecular formula is C24H31N3O3. The van der Waals surface area contributed by atoms with Crippen molar-refractivity contribution in [2.45, 2.75) is 12.5 Å². The van der Waals surface area contributed by atoms with Gasteiger partial charge in [-0.1, -0.05) is 30.3 Å². The van der Waals surface area contributed by atoms with Crippen molar-refractivity contribution in [2.24, 2.45) is 0 Å². The minimum absolute atomic E-state index is 0.116. The number of nitrogens with zero attached hydrogens (tertiary/aromatic N) is 3. The quantitative estimate of drug-likeness (QED) is 0.671. The molecule has 2 aromatic carbocycles. The summed E-state index contributed by atoms with van der Waals surface area (Å²) in [6.07, 6.45) is 0.976. The Hall–Kier alpha value is -2.57. The third-order valence-corrected chi connectivity index (χ3v) is 6.01. The van der Waals surface area contributed by atoms with Crippen molar-refractivity contribution in [2.75, 3.05) is 64.5 Å². The minimum atomic E-state index is 0.116. The minimum Gasteiger partial charge on any atom is -0.495 e. The van der Waals surface area contributed by atoms with E-state index in [1.807, 2.05) is 47.4 Å². The summed E-state index contributed by atoms with van der Waals surface area (Å²) in [6, 6.07) is 18.0. The van der Waals surface area contributed by atoms with E-state index in [0.717, 1.165) is 57.0 Å². The fraction of sp³-hybridized carbons (Fsp3) is 0.458. The van der Waals surface area contributed by atoms with Crippen molar-refractivity contribution >= 4 is 11.6 Å². The van der Waals surface area contributed by atoms with Crippen LogP contribution >= 0.6 is 0 Å². The zero-order valence-electron chi connectivity index (χ0n) is 17.7. The number of hydrogen-bond acceptors (Lipinski definition) is 5. The lowest BCUT2D eigenvalue weighted by Gasteiger charge is -2.39. The normalized spacial score (nSPS) is 17.4. The highest BCUT2D eigenvalue weighted by Crippen LogP contribution is 2.28. The van der Waals surface area contributed by atoms with E-state index < -0.39 is 0 Å². The number of ether oxygens (including phenoxy) is 2. The number of piperazine rings is 1. The molecule has 2 heterocycles. The molecule has 0 spiro atoms. The van der Waals surface area contributed by atoms with Gasteiger partial charge in [0.25, 0.3) is 5.91 Å². The first-order valence-electron chi connectivity index (χ1n) is 10.8. The van der Waals surface area contributed by atoms with Crippen LogP contribution in [0.4, 0.5) is 5.69 Å². The Kier molecular flexibility index (Phi) is 6.87. The van der Waals surface area contributed by atoms with E-state index in [1.165, 1.54) is 5.69 Å². The van der Waals surface area contributed by atoms with Gasteiger partial charge in [0.1, 0.15) is 5.75 Å². The maximum atomic E-state index is 13.0. The Morgan fingerprint density at radius 1 is 1.03 bits per heavy atom. The van der Waals surface area contributed by atoms with E-state index >= 15 is 0 Å². The van der Waals surface area contributed by atoms with Crippen LogP contribution in [0.2, 0.25) is 0 Å². The molecule has 4 rings (SSSR count). The summed E-state index contributed by atoms with van der Waals surface area (Å²) >= 11 is 0. The summed E-state index contributed by atoms with van der Waals surface area (Å²) in [7, 11) is 1.73. The van der Waals surface area contributed by atoms with E-state index in [-0.39, 0.29) is 11.9 Å². The number of para-hydroxylation sites is 2. The number of carbonyl (C=O) groups is 1. The molecule has 2 saturated heterocycles.